The molecule has 4 nitrogen and oxygen atoms in total. The van der Waals surface area contributed by atoms with Gasteiger partial charge in [-0.1, -0.05) is 18.9 Å². The van der Waals surface area contributed by atoms with E-state index in [1.807, 2.05) is 0 Å². The van der Waals surface area contributed by atoms with Crippen LogP contribution in [-0.2, 0) is 21.3 Å². The van der Waals surface area contributed by atoms with Gasteiger partial charge in [0.05, 0.1) is 7.11 Å². The summed E-state index contributed by atoms with van der Waals surface area (Å²) in [6.45, 7) is 1.65. The first kappa shape index (κ1) is 16.9. The fourth-order valence-corrected chi connectivity index (χ4v) is 3.66. The Hall–Kier alpha value is -1.43. The molecule has 6 heteroatoms. The summed E-state index contributed by atoms with van der Waals surface area (Å²) in [7, 11) is 0.0123. The molecule has 0 bridgehead atoms. The Bertz CT molecular complexity index is 558. The fourth-order valence-electron chi connectivity index (χ4n) is 2.60. The van der Waals surface area contributed by atoms with E-state index < -0.39 is 21.9 Å². The third-order valence-corrected chi connectivity index (χ3v) is 5.61. The quantitative estimate of drug-likeness (QED) is 0.873. The van der Waals surface area contributed by atoms with Gasteiger partial charge in [0.1, 0.15) is 5.25 Å². The van der Waals surface area contributed by atoms with E-state index in [0.29, 0.717) is 5.56 Å². The van der Waals surface area contributed by atoms with Crippen molar-refractivity contribution in [3.63, 3.8) is 0 Å². The second-order valence-electron chi connectivity index (χ2n) is 5.63. The van der Waals surface area contributed by atoms with Gasteiger partial charge in [-0.2, -0.15) is 0 Å². The summed E-state index contributed by atoms with van der Waals surface area (Å²) in [6, 6.07) is 4.69. The zero-order valence-electron chi connectivity index (χ0n) is 12.9. The van der Waals surface area contributed by atoms with Crippen LogP contribution in [0.25, 0.3) is 0 Å². The molecule has 2 atom stereocenters. The molecule has 2 unspecified atom stereocenters. The summed E-state index contributed by atoms with van der Waals surface area (Å²) >= 11 is 0. The molecule has 1 amide bonds. The van der Waals surface area contributed by atoms with Crippen LogP contribution in [0.5, 0.6) is 5.75 Å². The molecule has 0 heterocycles. The summed E-state index contributed by atoms with van der Waals surface area (Å²) in [5.74, 6) is -0.360. The average Bonchev–Trinajstić information content (AvgIpc) is 2.99. The second-order valence-corrected chi connectivity index (χ2v) is 7.38. The van der Waals surface area contributed by atoms with Crippen molar-refractivity contribution in [2.24, 2.45) is 0 Å². The molecular weight excluding hydrogens is 305 g/mol. The minimum absolute atomic E-state index is 0.153. The molecule has 1 saturated carbocycles. The van der Waals surface area contributed by atoms with Gasteiger partial charge in [0.25, 0.3) is 0 Å². The molecule has 0 aliphatic heterocycles. The lowest BCUT2D eigenvalue weighted by Crippen LogP contribution is -2.40. The molecule has 122 valence electrons. The number of hydrogen-bond donors (Lipinski definition) is 1. The first-order valence-corrected chi connectivity index (χ1v) is 8.89. The van der Waals surface area contributed by atoms with Crippen molar-refractivity contribution in [1.82, 2.24) is 5.32 Å². The van der Waals surface area contributed by atoms with E-state index in [1.54, 1.807) is 13.0 Å². The molecule has 2 rings (SSSR count). The van der Waals surface area contributed by atoms with Gasteiger partial charge in [-0.3, -0.25) is 9.00 Å². The third-order valence-electron chi connectivity index (χ3n) is 3.99. The monoisotopic (exact) mass is 327 g/mol. The highest BCUT2D eigenvalue weighted by Crippen LogP contribution is 2.20. The Morgan fingerprint density at radius 3 is 2.73 bits per heavy atom. The fraction of sp³-hybridized carbons (Fsp3) is 0.562. The lowest BCUT2D eigenvalue weighted by molar-refractivity contribution is -0.121. The number of carbonyl (C=O) groups is 1. The van der Waals surface area contributed by atoms with Gasteiger partial charge in [-0.05, 0) is 37.5 Å². The van der Waals surface area contributed by atoms with Crippen molar-refractivity contribution in [1.29, 1.82) is 0 Å². The van der Waals surface area contributed by atoms with Gasteiger partial charge in [0.2, 0.25) is 5.91 Å². The molecule has 0 aromatic heterocycles. The Labute approximate surface area is 132 Å². The van der Waals surface area contributed by atoms with Crippen LogP contribution in [-0.4, -0.2) is 28.5 Å². The van der Waals surface area contributed by atoms with Crippen LogP contribution in [0.2, 0.25) is 0 Å². The summed E-state index contributed by atoms with van der Waals surface area (Å²) in [5.41, 5.74) is 0.595. The molecule has 1 fully saturated rings. The van der Waals surface area contributed by atoms with Gasteiger partial charge in [-0.25, -0.2) is 4.39 Å². The number of nitrogens with one attached hydrogen (secondary N) is 1. The van der Waals surface area contributed by atoms with E-state index in [0.717, 1.165) is 25.7 Å². The number of benzene rings is 1. The van der Waals surface area contributed by atoms with Crippen molar-refractivity contribution < 1.29 is 18.1 Å². The van der Waals surface area contributed by atoms with Gasteiger partial charge < -0.3 is 10.1 Å². The highest BCUT2D eigenvalue weighted by atomic mass is 32.2. The van der Waals surface area contributed by atoms with Crippen molar-refractivity contribution in [3.8, 4) is 5.75 Å². The smallest absolute Gasteiger partial charge is 0.235 e. The van der Waals surface area contributed by atoms with Crippen LogP contribution in [0.4, 0.5) is 4.39 Å². The van der Waals surface area contributed by atoms with E-state index >= 15 is 0 Å². The predicted octanol–water partition coefficient (Wildman–Crippen LogP) is 2.53. The average molecular weight is 327 g/mol. The number of halogens is 1. The third kappa shape index (κ3) is 4.29. The minimum Gasteiger partial charge on any atom is -0.494 e. The number of amides is 1. The highest BCUT2D eigenvalue weighted by molar-refractivity contribution is 7.85. The van der Waals surface area contributed by atoms with E-state index in [4.69, 9.17) is 4.74 Å². The Balaban J connectivity index is 1.92. The number of methoxy groups -OCH3 is 1. The van der Waals surface area contributed by atoms with Crippen LogP contribution in [0.3, 0.4) is 0 Å². The maximum absolute atomic E-state index is 13.6. The molecule has 1 aliphatic rings. The number of ether oxygens (including phenoxy) is 1. The van der Waals surface area contributed by atoms with E-state index in [-0.39, 0.29) is 23.5 Å². The maximum atomic E-state index is 13.6. The van der Waals surface area contributed by atoms with E-state index in [9.17, 15) is 13.4 Å². The first-order chi connectivity index (χ1) is 10.5. The first-order valence-electron chi connectivity index (χ1n) is 7.51. The molecule has 1 N–H and O–H groups in total. The lowest BCUT2D eigenvalue weighted by Gasteiger charge is -2.16. The summed E-state index contributed by atoms with van der Waals surface area (Å²) in [5, 5.41) is 2.34. The van der Waals surface area contributed by atoms with E-state index in [2.05, 4.69) is 5.32 Å². The van der Waals surface area contributed by atoms with Crippen molar-refractivity contribution in [2.45, 2.75) is 49.7 Å². The standard InChI is InChI=1S/C16H22FNO3S/c1-11(16(19)18-13-5-3-4-6-13)22(20)10-12-7-8-15(21-2)14(17)9-12/h7-9,11,13H,3-6,10H2,1-2H3,(H,18,19). The van der Waals surface area contributed by atoms with Crippen molar-refractivity contribution >= 4 is 16.7 Å². The maximum Gasteiger partial charge on any atom is 0.235 e. The second kappa shape index (κ2) is 7.72. The van der Waals surface area contributed by atoms with Gasteiger partial charge in [0.15, 0.2) is 11.6 Å². The molecule has 0 spiro atoms. The number of hydrogen-bond acceptors (Lipinski definition) is 3. The molecular formula is C16H22FNO3S. The highest BCUT2D eigenvalue weighted by Gasteiger charge is 2.24. The van der Waals surface area contributed by atoms with Crippen molar-refractivity contribution in [3.05, 3.63) is 29.6 Å². The van der Waals surface area contributed by atoms with Gasteiger partial charge in [-0.15, -0.1) is 0 Å². The van der Waals surface area contributed by atoms with Crippen LogP contribution < -0.4 is 10.1 Å². The molecule has 0 saturated heterocycles. The zero-order chi connectivity index (χ0) is 16.1. The van der Waals surface area contributed by atoms with Crippen molar-refractivity contribution in [2.75, 3.05) is 7.11 Å². The zero-order valence-corrected chi connectivity index (χ0v) is 13.7. The predicted molar refractivity (Wildman–Crippen MR) is 84.7 cm³/mol. The number of rotatable bonds is 6. The molecule has 1 aromatic rings. The molecule has 0 radical (unpaired) electrons. The topological polar surface area (TPSA) is 55.4 Å². The van der Waals surface area contributed by atoms with Crippen LogP contribution in [0.15, 0.2) is 18.2 Å². The summed E-state index contributed by atoms with van der Waals surface area (Å²) in [6.07, 6.45) is 4.25. The lowest BCUT2D eigenvalue weighted by atomic mass is 10.2. The number of carbonyl (C=O) groups excluding carboxylic acids is 1. The Morgan fingerprint density at radius 2 is 2.14 bits per heavy atom. The SMILES string of the molecule is COc1ccc(CS(=O)C(C)C(=O)NC2CCCC2)cc1F. The van der Waals surface area contributed by atoms with Gasteiger partial charge >= 0.3 is 0 Å². The largest absolute Gasteiger partial charge is 0.494 e. The van der Waals surface area contributed by atoms with Crippen LogP contribution >= 0.6 is 0 Å². The van der Waals surface area contributed by atoms with Crippen LogP contribution in [0, 0.1) is 5.82 Å². The van der Waals surface area contributed by atoms with Gasteiger partial charge in [0, 0.05) is 22.6 Å². The molecule has 1 aromatic carbocycles. The normalized spacial score (nSPS) is 18.0. The molecule has 22 heavy (non-hydrogen) atoms. The Morgan fingerprint density at radius 1 is 1.45 bits per heavy atom. The summed E-state index contributed by atoms with van der Waals surface area (Å²) in [4.78, 5) is 12.1. The minimum atomic E-state index is -1.38. The van der Waals surface area contributed by atoms with Crippen LogP contribution in [0.1, 0.15) is 38.2 Å². The summed E-state index contributed by atoms with van der Waals surface area (Å²) < 4.78 is 30.8. The van der Waals surface area contributed by atoms with E-state index in [1.165, 1.54) is 19.2 Å². The molecule has 1 aliphatic carbocycles. The Kier molecular flexibility index (Phi) is 5.94.